The largest absolute Gasteiger partial charge is 0.573 e. The number of amides is 2. The minimum Gasteiger partial charge on any atom is -0.406 e. The van der Waals surface area contributed by atoms with Gasteiger partial charge in [0.2, 0.25) is 0 Å². The molecule has 1 N–H and O–H groups in total. The average molecular weight is 389 g/mol. The summed E-state index contributed by atoms with van der Waals surface area (Å²) in [5.41, 5.74) is 4.42. The number of carbonyl (C=O) groups excluding carboxylic acids is 2. The summed E-state index contributed by atoms with van der Waals surface area (Å²) in [5, 5.41) is 1.60. The van der Waals surface area contributed by atoms with E-state index >= 15 is 0 Å². The molecule has 6 nitrogen and oxygen atoms in total. The van der Waals surface area contributed by atoms with Crippen LogP contribution in [0.3, 0.4) is 0 Å². The molecule has 2 amide bonds. The topological polar surface area (TPSA) is 61.9 Å². The molecule has 0 bridgehead atoms. The zero-order valence-corrected chi connectivity index (χ0v) is 14.3. The molecule has 1 unspecified atom stereocenters. The summed E-state index contributed by atoms with van der Waals surface area (Å²) in [6.45, 7) is 0.134. The van der Waals surface area contributed by atoms with Gasteiger partial charge in [-0.25, -0.2) is 5.43 Å². The van der Waals surface area contributed by atoms with Crippen molar-refractivity contribution >= 4 is 17.5 Å². The molecule has 0 saturated carbocycles. The number of hydrogen-bond donors (Lipinski definition) is 1. The van der Waals surface area contributed by atoms with Gasteiger partial charge in [-0.3, -0.25) is 19.5 Å². The molecule has 144 valence electrons. The summed E-state index contributed by atoms with van der Waals surface area (Å²) in [6.07, 6.45) is -1.29. The minimum absolute atomic E-state index is 0.134. The van der Waals surface area contributed by atoms with Gasteiger partial charge in [0.1, 0.15) is 5.75 Å². The number of nitrogens with one attached hydrogen (secondary N) is 1. The molecule has 2 aromatic rings. The molecule has 0 saturated heterocycles. The molecular formula is C19H14F3N3O3. The second kappa shape index (κ2) is 6.68. The molecule has 0 fully saturated rings. The van der Waals surface area contributed by atoms with Crippen molar-refractivity contribution in [3.63, 3.8) is 0 Å². The number of alkyl halides is 3. The highest BCUT2D eigenvalue weighted by atomic mass is 19.4. The van der Waals surface area contributed by atoms with Gasteiger partial charge < -0.3 is 4.74 Å². The van der Waals surface area contributed by atoms with Crippen molar-refractivity contribution in [2.45, 2.75) is 12.4 Å². The maximum absolute atomic E-state index is 12.4. The second-order valence-electron chi connectivity index (χ2n) is 6.26. The van der Waals surface area contributed by atoms with E-state index < -0.39 is 6.36 Å². The van der Waals surface area contributed by atoms with Crippen LogP contribution in [0.4, 0.5) is 18.9 Å². The Balaban J connectivity index is 1.40. The van der Waals surface area contributed by atoms with Crippen LogP contribution in [0.2, 0.25) is 0 Å². The number of imide groups is 1. The van der Waals surface area contributed by atoms with Crippen LogP contribution >= 0.6 is 0 Å². The van der Waals surface area contributed by atoms with Gasteiger partial charge in [0.05, 0.1) is 29.4 Å². The highest BCUT2D eigenvalue weighted by Gasteiger charge is 2.37. The van der Waals surface area contributed by atoms with E-state index in [1.807, 2.05) is 0 Å². The summed E-state index contributed by atoms with van der Waals surface area (Å²) in [5.74, 6) is -1.01. The molecule has 2 aliphatic rings. The lowest BCUT2D eigenvalue weighted by atomic mass is 10.1. The molecule has 1 atom stereocenters. The SMILES string of the molecule is O=C1c2ccccc2C(=O)N1CC1C=CN(c2ccc(OC(F)(F)F)cc2)N1. The number of ether oxygens (including phenoxy) is 1. The summed E-state index contributed by atoms with van der Waals surface area (Å²) in [4.78, 5) is 26.0. The fourth-order valence-electron chi connectivity index (χ4n) is 3.13. The zero-order chi connectivity index (χ0) is 19.9. The first-order chi connectivity index (χ1) is 13.3. The van der Waals surface area contributed by atoms with E-state index in [4.69, 9.17) is 0 Å². The Kier molecular flexibility index (Phi) is 4.31. The average Bonchev–Trinajstić information content (AvgIpc) is 3.21. The lowest BCUT2D eigenvalue weighted by Gasteiger charge is -2.23. The zero-order valence-electron chi connectivity index (χ0n) is 14.3. The molecule has 2 aliphatic heterocycles. The summed E-state index contributed by atoms with van der Waals surface area (Å²) < 4.78 is 40.5. The van der Waals surface area contributed by atoms with Crippen LogP contribution in [0.5, 0.6) is 5.75 Å². The first-order valence-electron chi connectivity index (χ1n) is 8.36. The molecule has 0 radical (unpaired) electrons. The third-order valence-corrected chi connectivity index (χ3v) is 4.38. The smallest absolute Gasteiger partial charge is 0.406 e. The number of fused-ring (bicyclic) bond motifs is 1. The molecule has 4 rings (SSSR count). The van der Waals surface area contributed by atoms with Crippen molar-refractivity contribution in [2.75, 3.05) is 11.6 Å². The Bertz CT molecular complexity index is 922. The van der Waals surface area contributed by atoms with Crippen molar-refractivity contribution in [1.82, 2.24) is 10.3 Å². The summed E-state index contributed by atoms with van der Waals surface area (Å²) >= 11 is 0. The molecule has 0 aromatic heterocycles. The Morgan fingerprint density at radius 2 is 1.57 bits per heavy atom. The Morgan fingerprint density at radius 1 is 0.964 bits per heavy atom. The van der Waals surface area contributed by atoms with Gasteiger partial charge in [-0.15, -0.1) is 13.2 Å². The minimum atomic E-state index is -4.75. The van der Waals surface area contributed by atoms with Crippen LogP contribution in [-0.2, 0) is 0 Å². The van der Waals surface area contributed by atoms with Crippen LogP contribution in [0, 0.1) is 0 Å². The number of nitrogens with zero attached hydrogens (tertiary/aromatic N) is 2. The third kappa shape index (κ3) is 3.44. The van der Waals surface area contributed by atoms with Crippen molar-refractivity contribution in [2.24, 2.45) is 0 Å². The van der Waals surface area contributed by atoms with Crippen molar-refractivity contribution in [1.29, 1.82) is 0 Å². The number of rotatable bonds is 4. The monoisotopic (exact) mass is 389 g/mol. The van der Waals surface area contributed by atoms with Crippen molar-refractivity contribution < 1.29 is 27.5 Å². The van der Waals surface area contributed by atoms with Crippen molar-refractivity contribution in [3.8, 4) is 5.75 Å². The molecule has 2 heterocycles. The Morgan fingerprint density at radius 3 is 2.14 bits per heavy atom. The van der Waals surface area contributed by atoms with E-state index in [0.29, 0.717) is 16.8 Å². The number of hydrazine groups is 1. The Hall–Kier alpha value is -3.33. The molecule has 0 spiro atoms. The van der Waals surface area contributed by atoms with Gasteiger partial charge >= 0.3 is 6.36 Å². The first kappa shape index (κ1) is 18.1. The van der Waals surface area contributed by atoms with E-state index in [0.717, 1.165) is 0 Å². The second-order valence-corrected chi connectivity index (χ2v) is 6.26. The van der Waals surface area contributed by atoms with E-state index in [9.17, 15) is 22.8 Å². The summed E-state index contributed by atoms with van der Waals surface area (Å²) in [6, 6.07) is 11.6. The number of benzene rings is 2. The van der Waals surface area contributed by atoms with Gasteiger partial charge in [-0.1, -0.05) is 12.1 Å². The fourth-order valence-corrected chi connectivity index (χ4v) is 3.13. The lowest BCUT2D eigenvalue weighted by Crippen LogP contribution is -2.44. The number of anilines is 1. The van der Waals surface area contributed by atoms with Crippen LogP contribution in [0.15, 0.2) is 60.8 Å². The predicted octanol–water partition coefficient (Wildman–Crippen LogP) is 3.09. The van der Waals surface area contributed by atoms with Gasteiger partial charge in [0, 0.05) is 6.20 Å². The van der Waals surface area contributed by atoms with Crippen LogP contribution in [0.1, 0.15) is 20.7 Å². The molecule has 28 heavy (non-hydrogen) atoms. The number of halogens is 3. The third-order valence-electron chi connectivity index (χ3n) is 4.38. The standard InChI is InChI=1S/C19H14F3N3O3/c20-19(21,22)28-14-7-5-13(6-8-14)25-10-9-12(23-25)11-24-17(26)15-3-1-2-4-16(15)18(24)27/h1-10,12,23H,11H2. The maximum Gasteiger partial charge on any atom is 0.573 e. The highest BCUT2D eigenvalue weighted by molar-refractivity contribution is 6.21. The Labute approximate surface area is 157 Å². The van der Waals surface area contributed by atoms with Crippen molar-refractivity contribution in [3.05, 3.63) is 71.9 Å². The van der Waals surface area contributed by atoms with Crippen LogP contribution in [-0.4, -0.2) is 35.7 Å². The molecule has 2 aromatic carbocycles. The van der Waals surface area contributed by atoms with Gasteiger partial charge in [0.15, 0.2) is 0 Å². The van der Waals surface area contributed by atoms with Crippen LogP contribution in [0.25, 0.3) is 0 Å². The van der Waals surface area contributed by atoms with E-state index in [-0.39, 0.29) is 30.2 Å². The van der Waals surface area contributed by atoms with E-state index in [1.54, 1.807) is 41.6 Å². The van der Waals surface area contributed by atoms with Crippen LogP contribution < -0.4 is 15.2 Å². The lowest BCUT2D eigenvalue weighted by molar-refractivity contribution is -0.274. The first-order valence-corrected chi connectivity index (χ1v) is 8.36. The van der Waals surface area contributed by atoms with Gasteiger partial charge in [-0.05, 0) is 42.5 Å². The molecular weight excluding hydrogens is 375 g/mol. The number of carbonyl (C=O) groups is 2. The van der Waals surface area contributed by atoms with Gasteiger partial charge in [-0.2, -0.15) is 0 Å². The summed E-state index contributed by atoms with van der Waals surface area (Å²) in [7, 11) is 0. The normalized spacial score (nSPS) is 18.8. The number of hydrogen-bond acceptors (Lipinski definition) is 5. The van der Waals surface area contributed by atoms with E-state index in [1.165, 1.54) is 29.2 Å². The maximum atomic E-state index is 12.4. The quantitative estimate of drug-likeness (QED) is 0.815. The van der Waals surface area contributed by atoms with E-state index in [2.05, 4.69) is 10.2 Å². The highest BCUT2D eigenvalue weighted by Crippen LogP contribution is 2.27. The molecule has 0 aliphatic carbocycles. The van der Waals surface area contributed by atoms with Gasteiger partial charge in [0.25, 0.3) is 11.8 Å². The fraction of sp³-hybridized carbons (Fsp3) is 0.158. The predicted molar refractivity (Wildman–Crippen MR) is 93.5 cm³/mol. The molecule has 9 heteroatoms.